The number of rotatable bonds is 18. The van der Waals surface area contributed by atoms with Gasteiger partial charge in [-0.2, -0.15) is 0 Å². The minimum Gasteiger partial charge on any atom is -0.396 e. The van der Waals surface area contributed by atoms with Crippen LogP contribution in [0.1, 0.15) is 37.8 Å². The van der Waals surface area contributed by atoms with Crippen LogP contribution in [0.25, 0.3) is 83.0 Å². The molecule has 21 rings (SSSR count). The zero-order chi connectivity index (χ0) is 90.3. The third-order valence-electron chi connectivity index (χ3n) is 24.1. The van der Waals surface area contributed by atoms with Gasteiger partial charge in [0.2, 0.25) is 11.8 Å². The number of morpholine rings is 4. The normalized spacial score (nSPS) is 17.8. The Morgan fingerprint density at radius 2 is 0.811 bits per heavy atom. The summed E-state index contributed by atoms with van der Waals surface area (Å²) in [5.74, 6) is 4.68. The third kappa shape index (κ3) is 20.9. The van der Waals surface area contributed by atoms with Crippen LogP contribution in [-0.2, 0) is 28.5 Å². The molecule has 15 aromatic rings. The first-order chi connectivity index (χ1) is 64.2. The topological polar surface area (TPSA) is 355 Å². The first-order valence-electron chi connectivity index (χ1n) is 44.2. The van der Waals surface area contributed by atoms with Crippen molar-refractivity contribution < 1.29 is 43.9 Å². The molecule has 6 aliphatic rings. The molecule has 0 bridgehead atoms. The molecule has 16 heterocycles. The lowest BCUT2D eigenvalue weighted by atomic mass is 9.95. The number of halogens is 3. The zero-order valence-electron chi connectivity index (χ0n) is 72.9. The Morgan fingerprint density at radius 1 is 0.439 bits per heavy atom. The number of nitrogens with one attached hydrogen (secondary N) is 2. The minimum atomic E-state index is -0.467. The minimum absolute atomic E-state index is 0. The molecule has 6 aliphatic heterocycles. The largest absolute Gasteiger partial charge is 0.396 e. The van der Waals surface area contributed by atoms with E-state index in [0.717, 1.165) is 177 Å². The molecule has 4 atom stereocenters. The molecule has 10 aromatic heterocycles. The average molecular weight is 1850 g/mol. The highest BCUT2D eigenvalue weighted by Gasteiger charge is 2.36. The highest BCUT2D eigenvalue weighted by Crippen LogP contribution is 2.38. The van der Waals surface area contributed by atoms with Crippen LogP contribution < -0.4 is 40.9 Å². The highest BCUT2D eigenvalue weighted by molar-refractivity contribution is 6.31. The maximum atomic E-state index is 12.9. The SMILES string of the molecule is C.Cc1ccc(-n2nc(N3CCOC(CO)C3)c3ccncc32)cc1.Cc1ccc(-n2nc(N3CCOCC3CO)c3ccncc32)cc1.NCCNC(=O)C1COCCN1c1nn(-c2ccc(Cl)cc2)c2cnccc12.O=C(C1CCN(c2nn(-c3ccc(Cl)cc3)c3cnccc23)CC1)N1CCNCC1.OCCC1COCCN1c1nn(-c2ccc(Cl)cc2)c2cnccc12. The summed E-state index contributed by atoms with van der Waals surface area (Å²) in [6.07, 6.45) is 20.2. The number of aliphatic hydroxyl groups excluding tert-OH is 3. The number of ether oxygens (including phenoxy) is 4. The van der Waals surface area contributed by atoms with Crippen LogP contribution in [0.3, 0.4) is 0 Å². The Morgan fingerprint density at radius 3 is 1.22 bits per heavy atom. The molecule has 0 radical (unpaired) electrons. The van der Waals surface area contributed by atoms with Gasteiger partial charge in [0.15, 0.2) is 29.1 Å². The van der Waals surface area contributed by atoms with Gasteiger partial charge in [0, 0.05) is 171 Å². The Labute approximate surface area is 779 Å². The van der Waals surface area contributed by atoms with Gasteiger partial charge in [-0.3, -0.25) is 34.5 Å². The van der Waals surface area contributed by atoms with Crippen LogP contribution >= 0.6 is 34.8 Å². The smallest absolute Gasteiger partial charge is 0.245 e. The van der Waals surface area contributed by atoms with Crippen molar-refractivity contribution >= 4 is 130 Å². The molecule has 6 fully saturated rings. The van der Waals surface area contributed by atoms with E-state index in [4.69, 9.17) is 85.0 Å². The number of pyridine rings is 5. The number of hydrogen-bond acceptors (Lipinski definition) is 26. The van der Waals surface area contributed by atoms with E-state index in [1.54, 1.807) is 37.2 Å². The van der Waals surface area contributed by atoms with E-state index in [9.17, 15) is 24.9 Å². The van der Waals surface area contributed by atoms with Gasteiger partial charge >= 0.3 is 0 Å². The molecular formula is C96H109Cl3N24O9. The summed E-state index contributed by atoms with van der Waals surface area (Å²) in [4.78, 5) is 59.7. The van der Waals surface area contributed by atoms with E-state index in [2.05, 4.69) is 118 Å². The fourth-order valence-corrected chi connectivity index (χ4v) is 17.6. The molecule has 0 aliphatic carbocycles. The standard InChI is InChI=1S/C22H25ClN6O.C19H21ClN6O2.C18H19ClN4O2.2C18H20N4O2.CH4/c23-17-1-3-18(4-2-17)29-20-15-25-8-5-19(20)21(26-29)27-11-6-16(7-12-27)22(30)28-13-9-24-10-14-28;20-13-1-3-14(4-2-13)26-16-11-22-7-5-15(16)18(24-26)25-9-10-28-12-17(25)19(27)23-8-6-21;19-13-1-3-14(4-2-13)23-17-11-20-7-5-16(17)18(21-23)22-8-10-25-12-15(22)6-9-24;1-13-2-4-14(5-3-13)22-17-10-19-7-6-16(17)18(20-22)21-8-9-24-12-15(21)11-23;1-13-2-4-14(5-3-13)22-17-10-19-7-6-16(17)18(20-22)21-8-9-24-15(11-21)12-23;/h1-5,8,15-16,24H,6-7,9-14H2;1-5,7,11,17H,6,8-10,12,21H2,(H,23,27);1-5,7,11,15,24H,6,8-10,12H2;2*2-7,10,15,23H,8-9,11-12H2,1H3;1H4. The Balaban J connectivity index is 0.000000120. The second-order valence-corrected chi connectivity index (χ2v) is 33.9. The number of nitrogens with zero attached hydrogens (tertiary/aromatic N) is 21. The van der Waals surface area contributed by atoms with E-state index < -0.39 is 6.04 Å². The fourth-order valence-electron chi connectivity index (χ4n) is 17.2. The number of aromatic nitrogens is 15. The van der Waals surface area contributed by atoms with Crippen molar-refractivity contribution in [1.82, 2.24) is 89.4 Å². The van der Waals surface area contributed by atoms with Crippen molar-refractivity contribution in [3.05, 3.63) is 240 Å². The van der Waals surface area contributed by atoms with Gasteiger partial charge in [-0.15, -0.1) is 25.5 Å². The average Bonchev–Trinajstić information content (AvgIpc) is 1.63. The maximum absolute atomic E-state index is 12.9. The maximum Gasteiger partial charge on any atom is 0.245 e. The highest BCUT2D eigenvalue weighted by atomic mass is 35.5. The number of piperazine rings is 1. The van der Waals surface area contributed by atoms with Crippen molar-refractivity contribution in [3.8, 4) is 28.4 Å². The third-order valence-corrected chi connectivity index (χ3v) is 24.9. The van der Waals surface area contributed by atoms with Crippen molar-refractivity contribution in [2.75, 3.05) is 176 Å². The van der Waals surface area contributed by atoms with Gasteiger partial charge in [-0.05, 0) is 161 Å². The van der Waals surface area contributed by atoms with Crippen LogP contribution in [0.4, 0.5) is 29.1 Å². The molecule has 688 valence electrons. The van der Waals surface area contributed by atoms with E-state index >= 15 is 0 Å². The summed E-state index contributed by atoms with van der Waals surface area (Å²) in [7, 11) is 0. The number of benzene rings is 5. The molecule has 4 unspecified atom stereocenters. The number of fused-ring (bicyclic) bond motifs is 5. The monoisotopic (exact) mass is 1850 g/mol. The van der Waals surface area contributed by atoms with E-state index in [1.807, 2.05) is 161 Å². The number of amides is 2. The summed E-state index contributed by atoms with van der Waals surface area (Å²) >= 11 is 18.1. The lowest BCUT2D eigenvalue weighted by molar-refractivity contribution is -0.136. The Hall–Kier alpha value is -12.4. The van der Waals surface area contributed by atoms with Crippen molar-refractivity contribution in [2.24, 2.45) is 11.7 Å². The number of piperidine rings is 1. The van der Waals surface area contributed by atoms with Gasteiger partial charge in [-0.1, -0.05) is 77.6 Å². The molecular weight excluding hydrogens is 1740 g/mol. The summed E-state index contributed by atoms with van der Waals surface area (Å²) in [5.41, 5.74) is 17.4. The Bertz CT molecular complexity index is 6330. The number of carbonyl (C=O) groups is 2. The Kier molecular flexibility index (Phi) is 30.8. The lowest BCUT2D eigenvalue weighted by Crippen LogP contribution is -2.54. The van der Waals surface area contributed by atoms with Gasteiger partial charge < -0.3 is 80.0 Å². The summed E-state index contributed by atoms with van der Waals surface area (Å²) in [6.45, 7) is 17.5. The number of anilines is 5. The second-order valence-electron chi connectivity index (χ2n) is 32.6. The van der Waals surface area contributed by atoms with Gasteiger partial charge in [0.05, 0.1) is 165 Å². The van der Waals surface area contributed by atoms with Crippen LogP contribution in [0, 0.1) is 19.8 Å². The van der Waals surface area contributed by atoms with E-state index in [-0.39, 0.29) is 57.3 Å². The van der Waals surface area contributed by atoms with Crippen LogP contribution in [0.15, 0.2) is 214 Å². The van der Waals surface area contributed by atoms with Crippen LogP contribution in [0.2, 0.25) is 15.1 Å². The van der Waals surface area contributed by atoms with E-state index in [1.165, 1.54) is 11.1 Å². The van der Waals surface area contributed by atoms with Crippen molar-refractivity contribution in [3.63, 3.8) is 0 Å². The quantitative estimate of drug-likeness (QED) is 0.0465. The predicted molar refractivity (Wildman–Crippen MR) is 516 cm³/mol. The molecule has 7 N–H and O–H groups in total. The molecule has 2 amide bonds. The second kappa shape index (κ2) is 43.8. The zero-order valence-corrected chi connectivity index (χ0v) is 75.1. The molecule has 36 heteroatoms. The fraction of sp³-hybridized carbons (Fsp3) is 0.354. The molecule has 33 nitrogen and oxygen atoms in total. The molecule has 6 saturated heterocycles. The number of hydrogen-bond donors (Lipinski definition) is 6. The summed E-state index contributed by atoms with van der Waals surface area (Å²) < 4.78 is 31.7. The van der Waals surface area contributed by atoms with Gasteiger partial charge in [0.1, 0.15) is 6.04 Å². The number of aryl methyl sites for hydroxylation is 2. The number of carbonyl (C=O) groups excluding carboxylic acids is 2. The molecule has 0 saturated carbocycles. The number of aliphatic hydroxyl groups is 3. The first-order valence-corrected chi connectivity index (χ1v) is 45.3. The van der Waals surface area contributed by atoms with Crippen molar-refractivity contribution in [2.45, 2.75) is 64.8 Å². The van der Waals surface area contributed by atoms with Gasteiger partial charge in [-0.25, -0.2) is 23.4 Å². The molecule has 0 spiro atoms. The molecule has 5 aromatic carbocycles. The van der Waals surface area contributed by atoms with Crippen molar-refractivity contribution in [1.29, 1.82) is 0 Å². The van der Waals surface area contributed by atoms with Crippen LogP contribution in [0.5, 0.6) is 0 Å². The van der Waals surface area contributed by atoms with Crippen LogP contribution in [-0.4, -0.2) is 281 Å². The lowest BCUT2D eigenvalue weighted by Gasteiger charge is -2.36. The van der Waals surface area contributed by atoms with E-state index in [0.29, 0.717) is 106 Å². The number of nitrogens with two attached hydrogens (primary N) is 1. The first kappa shape index (κ1) is 92.9. The summed E-state index contributed by atoms with van der Waals surface area (Å²) in [5, 5.41) is 66.1. The van der Waals surface area contributed by atoms with Gasteiger partial charge in [0.25, 0.3) is 0 Å². The predicted octanol–water partition coefficient (Wildman–Crippen LogP) is 11.2. The molecule has 132 heavy (non-hydrogen) atoms. The summed E-state index contributed by atoms with van der Waals surface area (Å²) in [6, 6.07) is 48.7.